The second-order valence-corrected chi connectivity index (χ2v) is 15.8. The number of benzene rings is 1. The molecule has 4 fully saturated rings. The maximum absolute atomic E-state index is 13.0. The highest BCUT2D eigenvalue weighted by atomic mass is 32.2. The van der Waals surface area contributed by atoms with Crippen molar-refractivity contribution in [3.8, 4) is 0 Å². The summed E-state index contributed by atoms with van der Waals surface area (Å²) in [5.74, 6) is 0.415. The van der Waals surface area contributed by atoms with Crippen LogP contribution in [0.2, 0.25) is 0 Å². The van der Waals surface area contributed by atoms with E-state index in [-0.39, 0.29) is 64.8 Å². The molecule has 0 aromatic heterocycles. The summed E-state index contributed by atoms with van der Waals surface area (Å²) < 4.78 is 32.7. The van der Waals surface area contributed by atoms with Crippen LogP contribution in [0.25, 0.3) is 0 Å². The smallest absolute Gasteiger partial charge is 0.267 e. The van der Waals surface area contributed by atoms with Gasteiger partial charge in [-0.25, -0.2) is 0 Å². The van der Waals surface area contributed by atoms with E-state index in [1.165, 1.54) is 0 Å². The number of carbonyl (C=O) groups excluding carboxylic acids is 1. The number of fused-ring (bicyclic) bond motifs is 5. The van der Waals surface area contributed by atoms with Gasteiger partial charge in [0.05, 0.1) is 30.1 Å². The predicted molar refractivity (Wildman–Crippen MR) is 156 cm³/mol. The van der Waals surface area contributed by atoms with Crippen molar-refractivity contribution in [2.45, 2.75) is 103 Å². The normalized spacial score (nSPS) is 41.9. The second kappa shape index (κ2) is 11.5. The van der Waals surface area contributed by atoms with Crippen LogP contribution in [0.4, 0.5) is 0 Å². The fourth-order valence-electron chi connectivity index (χ4n) is 10.1. The Morgan fingerprint density at radius 3 is 2.41 bits per heavy atom. The van der Waals surface area contributed by atoms with Gasteiger partial charge in [0.1, 0.15) is 0 Å². The molecule has 0 unspecified atom stereocenters. The van der Waals surface area contributed by atoms with Crippen LogP contribution in [-0.4, -0.2) is 58.3 Å². The molecule has 1 aromatic rings. The minimum atomic E-state index is -4.29. The van der Waals surface area contributed by atoms with Gasteiger partial charge in [-0.1, -0.05) is 51.1 Å². The van der Waals surface area contributed by atoms with Gasteiger partial charge in [0.2, 0.25) is 5.91 Å². The molecule has 4 aliphatic carbocycles. The zero-order valence-corrected chi connectivity index (χ0v) is 25.5. The van der Waals surface area contributed by atoms with Gasteiger partial charge in [0.25, 0.3) is 10.1 Å². The number of amides is 1. The number of hydrogen-bond acceptors (Lipinski definition) is 6. The van der Waals surface area contributed by atoms with E-state index in [2.05, 4.69) is 26.1 Å². The molecule has 0 aliphatic heterocycles. The van der Waals surface area contributed by atoms with Gasteiger partial charge in [0.15, 0.2) is 0 Å². The Kier molecular flexibility index (Phi) is 8.69. The monoisotopic (exact) mass is 591 g/mol. The zero-order valence-electron chi connectivity index (χ0n) is 24.7. The van der Waals surface area contributed by atoms with Gasteiger partial charge in [-0.2, -0.15) is 8.42 Å². The average molecular weight is 592 g/mol. The van der Waals surface area contributed by atoms with Gasteiger partial charge in [-0.3, -0.25) is 9.35 Å². The first-order chi connectivity index (χ1) is 19.2. The molecule has 4 aliphatic rings. The first kappa shape index (κ1) is 30.9. The topological polar surface area (TPSA) is 144 Å². The molecule has 230 valence electrons. The first-order valence-corrected chi connectivity index (χ1v) is 17.2. The summed E-state index contributed by atoms with van der Waals surface area (Å²) in [5, 5.41) is 36.4. The van der Waals surface area contributed by atoms with Gasteiger partial charge < -0.3 is 20.6 Å². The molecule has 4 saturated carbocycles. The Labute approximate surface area is 245 Å². The van der Waals surface area contributed by atoms with Crippen LogP contribution in [-0.2, 0) is 14.9 Å². The summed E-state index contributed by atoms with van der Waals surface area (Å²) in [4.78, 5) is 13.0. The number of nitrogens with one attached hydrogen (secondary N) is 1. The summed E-state index contributed by atoms with van der Waals surface area (Å²) in [6, 6.07) is 7.96. The summed E-state index contributed by atoms with van der Waals surface area (Å²) in [5.41, 5.74) is 0.310. The largest absolute Gasteiger partial charge is 0.393 e. The molecule has 0 radical (unpaired) electrons. The SMILES string of the molecule is C[C@H](CCC(=O)N[C@@H](CS(=O)(=O)O)c1ccccc1)[C@H]1CC[C@H]2[C@@H]3[C@H](O)C[C@@H]4C[C@H](O)CC[C@]4(C)[C@H]3C[C@H](O)[C@]12C. The average Bonchev–Trinajstić information content (AvgIpc) is 3.27. The van der Waals surface area contributed by atoms with Crippen LogP contribution in [0.1, 0.15) is 90.2 Å². The number of hydrogen-bond donors (Lipinski definition) is 5. The summed E-state index contributed by atoms with van der Waals surface area (Å²) >= 11 is 0. The Bertz CT molecular complexity index is 1190. The molecule has 5 rings (SSSR count). The Morgan fingerprint density at radius 1 is 1.02 bits per heavy atom. The van der Waals surface area contributed by atoms with Crippen molar-refractivity contribution >= 4 is 16.0 Å². The lowest BCUT2D eigenvalue weighted by Crippen LogP contribution is -2.62. The number of rotatable bonds is 8. The lowest BCUT2D eigenvalue weighted by atomic mass is 9.43. The van der Waals surface area contributed by atoms with Crippen molar-refractivity contribution in [1.82, 2.24) is 5.32 Å². The van der Waals surface area contributed by atoms with Gasteiger partial charge >= 0.3 is 0 Å². The maximum atomic E-state index is 13.0. The molecule has 41 heavy (non-hydrogen) atoms. The van der Waals surface area contributed by atoms with Crippen LogP contribution < -0.4 is 5.32 Å². The third kappa shape index (κ3) is 5.86. The molecule has 0 saturated heterocycles. The molecule has 8 nitrogen and oxygen atoms in total. The zero-order chi connectivity index (χ0) is 29.7. The third-order valence-corrected chi connectivity index (χ3v) is 13.0. The summed E-state index contributed by atoms with van der Waals surface area (Å²) in [6.45, 7) is 6.69. The summed E-state index contributed by atoms with van der Waals surface area (Å²) in [6.07, 6.45) is 5.42. The van der Waals surface area contributed by atoms with Crippen molar-refractivity contribution in [2.24, 2.45) is 46.3 Å². The number of carbonyl (C=O) groups is 1. The Balaban J connectivity index is 1.26. The molecule has 12 atom stereocenters. The molecule has 0 heterocycles. The van der Waals surface area contributed by atoms with Crippen molar-refractivity contribution < 1.29 is 33.1 Å². The molecule has 5 N–H and O–H groups in total. The minimum absolute atomic E-state index is 0.0323. The van der Waals surface area contributed by atoms with E-state index in [4.69, 9.17) is 0 Å². The van der Waals surface area contributed by atoms with Gasteiger partial charge in [0, 0.05) is 6.42 Å². The van der Waals surface area contributed by atoms with Crippen LogP contribution in [0, 0.1) is 46.3 Å². The highest BCUT2D eigenvalue weighted by molar-refractivity contribution is 7.85. The highest BCUT2D eigenvalue weighted by Gasteiger charge is 2.65. The molecule has 1 amide bonds. The summed E-state index contributed by atoms with van der Waals surface area (Å²) in [7, 11) is -4.29. The van der Waals surface area contributed by atoms with E-state index in [1.54, 1.807) is 30.3 Å². The van der Waals surface area contributed by atoms with Crippen molar-refractivity contribution in [2.75, 3.05) is 5.75 Å². The highest BCUT2D eigenvalue weighted by Crippen LogP contribution is 2.68. The van der Waals surface area contributed by atoms with E-state index in [0.717, 1.165) is 38.5 Å². The van der Waals surface area contributed by atoms with E-state index >= 15 is 0 Å². The second-order valence-electron chi connectivity index (χ2n) is 14.3. The fraction of sp³-hybridized carbons (Fsp3) is 0.781. The van der Waals surface area contributed by atoms with E-state index < -0.39 is 34.1 Å². The lowest BCUT2D eigenvalue weighted by Gasteiger charge is -2.63. The molecular weight excluding hydrogens is 542 g/mol. The molecule has 0 bridgehead atoms. The number of aliphatic hydroxyl groups is 3. The minimum Gasteiger partial charge on any atom is -0.393 e. The standard InChI is InChI=1S/C32H49NO7S/c1-19(9-12-29(37)33-26(18-41(38,39)40)20-7-5-4-6-8-20)23-10-11-24-30-25(17-28(36)32(23,24)3)31(2)14-13-22(34)15-21(31)16-27(30)35/h4-8,19,21-28,30,34-36H,9-18H2,1-3H3,(H,33,37)(H,38,39,40)/t19-,21+,22-,23-,24+,25+,26+,27-,28+,30+,31+,32-/m1/s1. The maximum Gasteiger partial charge on any atom is 0.267 e. The Hall–Kier alpha value is -1.52. The quantitative estimate of drug-likeness (QED) is 0.286. The van der Waals surface area contributed by atoms with E-state index in [9.17, 15) is 33.1 Å². The van der Waals surface area contributed by atoms with Crippen LogP contribution in [0.15, 0.2) is 30.3 Å². The first-order valence-electron chi connectivity index (χ1n) is 15.6. The molecule has 9 heteroatoms. The van der Waals surface area contributed by atoms with E-state index in [1.807, 2.05) is 0 Å². The third-order valence-electron chi connectivity index (χ3n) is 12.3. The molecule has 1 aromatic carbocycles. The van der Waals surface area contributed by atoms with Gasteiger partial charge in [-0.05, 0) is 103 Å². The molecule has 0 spiro atoms. The fourth-order valence-corrected chi connectivity index (χ4v) is 10.8. The predicted octanol–water partition coefficient (Wildman–Crippen LogP) is 4.11. The Morgan fingerprint density at radius 2 is 1.73 bits per heavy atom. The van der Waals surface area contributed by atoms with Crippen LogP contribution >= 0.6 is 0 Å². The number of aliphatic hydroxyl groups excluding tert-OH is 3. The van der Waals surface area contributed by atoms with Crippen LogP contribution in [0.5, 0.6) is 0 Å². The van der Waals surface area contributed by atoms with Crippen LogP contribution in [0.3, 0.4) is 0 Å². The molecular formula is C32H49NO7S. The van der Waals surface area contributed by atoms with Crippen molar-refractivity contribution in [1.29, 1.82) is 0 Å². The lowest BCUT2D eigenvalue weighted by molar-refractivity contribution is -0.207. The van der Waals surface area contributed by atoms with Crippen molar-refractivity contribution in [3.63, 3.8) is 0 Å². The van der Waals surface area contributed by atoms with Crippen molar-refractivity contribution in [3.05, 3.63) is 35.9 Å². The van der Waals surface area contributed by atoms with E-state index in [0.29, 0.717) is 18.4 Å². The van der Waals surface area contributed by atoms with Gasteiger partial charge in [-0.15, -0.1) is 0 Å².